The summed E-state index contributed by atoms with van der Waals surface area (Å²) in [5.41, 5.74) is 0. The summed E-state index contributed by atoms with van der Waals surface area (Å²) in [5, 5.41) is 0. The van der Waals surface area contributed by atoms with Gasteiger partial charge in [0.2, 0.25) is 0 Å². The molecule has 0 spiro atoms. The third kappa shape index (κ3) is 13.1. The normalized spacial score (nSPS) is 10.2. The van der Waals surface area contributed by atoms with Gasteiger partial charge in [-0.3, -0.25) is 9.59 Å². The predicted octanol–water partition coefficient (Wildman–Crippen LogP) is 2.47. The molecule has 0 saturated heterocycles. The molecule has 0 rings (SSSR count). The van der Waals surface area contributed by atoms with E-state index in [0.29, 0.717) is 12.8 Å². The summed E-state index contributed by atoms with van der Waals surface area (Å²) < 4.78 is 14.8. The van der Waals surface area contributed by atoms with Crippen molar-refractivity contribution in [2.45, 2.75) is 51.9 Å². The Labute approximate surface area is 115 Å². The quantitative estimate of drug-likeness (QED) is 0.404. The van der Waals surface area contributed by atoms with Crippen LogP contribution in [0, 0.1) is 0 Å². The van der Waals surface area contributed by atoms with Gasteiger partial charge in [0.1, 0.15) is 13.2 Å². The van der Waals surface area contributed by atoms with E-state index in [1.165, 1.54) is 0 Å². The largest absolute Gasteiger partial charge is 0.462 e. The topological polar surface area (TPSA) is 61.8 Å². The number of esters is 2. The molecule has 0 radical (unpaired) electrons. The second kappa shape index (κ2) is 13.3. The van der Waals surface area contributed by atoms with Gasteiger partial charge >= 0.3 is 11.9 Å². The number of hydrogen-bond donors (Lipinski definition) is 0. The molecule has 19 heavy (non-hydrogen) atoms. The summed E-state index contributed by atoms with van der Waals surface area (Å²) in [5.74, 6) is -0.459. The molecule has 0 aliphatic heterocycles. The highest BCUT2D eigenvalue weighted by Gasteiger charge is 2.04. The van der Waals surface area contributed by atoms with Gasteiger partial charge < -0.3 is 14.2 Å². The van der Waals surface area contributed by atoms with Gasteiger partial charge in [0, 0.05) is 26.6 Å². The number of carbonyl (C=O) groups excluding carboxylic acids is 2. The number of unbranched alkanes of at least 4 members (excludes halogenated alkanes) is 3. The van der Waals surface area contributed by atoms with Crippen molar-refractivity contribution in [3.05, 3.63) is 0 Å². The van der Waals surface area contributed by atoms with Gasteiger partial charge in [0.05, 0.1) is 0 Å². The fraction of sp³-hybridized carbons (Fsp3) is 0.857. The van der Waals surface area contributed by atoms with Crippen LogP contribution < -0.4 is 0 Å². The van der Waals surface area contributed by atoms with Crippen molar-refractivity contribution >= 4 is 11.9 Å². The first-order valence-corrected chi connectivity index (χ1v) is 7.00. The predicted molar refractivity (Wildman–Crippen MR) is 71.8 cm³/mol. The number of rotatable bonds is 12. The van der Waals surface area contributed by atoms with Crippen LogP contribution in [0.15, 0.2) is 0 Å². The molecule has 0 atom stereocenters. The Morgan fingerprint density at radius 2 is 1.37 bits per heavy atom. The molecule has 0 unspecified atom stereocenters. The van der Waals surface area contributed by atoms with Crippen LogP contribution in [0.1, 0.15) is 51.9 Å². The Balaban J connectivity index is 3.31. The van der Waals surface area contributed by atoms with Gasteiger partial charge in [-0.25, -0.2) is 0 Å². The zero-order valence-corrected chi connectivity index (χ0v) is 12.1. The van der Waals surface area contributed by atoms with E-state index in [0.717, 1.165) is 38.7 Å². The SMILES string of the molecule is CCCCC(=O)OCCOC(=O)CCCCCOC. The molecule has 0 aliphatic rings. The van der Waals surface area contributed by atoms with Crippen LogP contribution in [-0.2, 0) is 23.8 Å². The first-order chi connectivity index (χ1) is 9.20. The number of hydrogen-bond acceptors (Lipinski definition) is 5. The minimum absolute atomic E-state index is 0.148. The fourth-order valence-electron chi connectivity index (χ4n) is 1.47. The maximum absolute atomic E-state index is 11.3. The lowest BCUT2D eigenvalue weighted by molar-refractivity contribution is -0.152. The van der Waals surface area contributed by atoms with Gasteiger partial charge in [-0.05, 0) is 19.3 Å². The summed E-state index contributed by atoms with van der Waals surface area (Å²) >= 11 is 0. The fourth-order valence-corrected chi connectivity index (χ4v) is 1.47. The number of ether oxygens (including phenoxy) is 3. The van der Waals surface area contributed by atoms with E-state index in [1.807, 2.05) is 6.92 Å². The summed E-state index contributed by atoms with van der Waals surface area (Å²) in [4.78, 5) is 22.4. The molecular weight excluding hydrogens is 248 g/mol. The Kier molecular flexibility index (Phi) is 12.6. The Morgan fingerprint density at radius 3 is 1.89 bits per heavy atom. The van der Waals surface area contributed by atoms with E-state index in [9.17, 15) is 9.59 Å². The third-order valence-corrected chi connectivity index (χ3v) is 2.57. The maximum atomic E-state index is 11.3. The maximum Gasteiger partial charge on any atom is 0.305 e. The lowest BCUT2D eigenvalue weighted by Crippen LogP contribution is -2.13. The zero-order valence-electron chi connectivity index (χ0n) is 12.1. The van der Waals surface area contributed by atoms with Crippen molar-refractivity contribution in [2.24, 2.45) is 0 Å². The third-order valence-electron chi connectivity index (χ3n) is 2.57. The monoisotopic (exact) mass is 274 g/mol. The molecule has 0 saturated carbocycles. The average Bonchev–Trinajstić information content (AvgIpc) is 2.41. The van der Waals surface area contributed by atoms with Crippen LogP contribution in [0.5, 0.6) is 0 Å². The summed E-state index contributed by atoms with van der Waals surface area (Å²) in [6.07, 6.45) is 5.36. The van der Waals surface area contributed by atoms with Gasteiger partial charge in [-0.2, -0.15) is 0 Å². The van der Waals surface area contributed by atoms with E-state index in [1.54, 1.807) is 7.11 Å². The van der Waals surface area contributed by atoms with Crippen molar-refractivity contribution in [3.63, 3.8) is 0 Å². The molecule has 0 bridgehead atoms. The van der Waals surface area contributed by atoms with Crippen molar-refractivity contribution in [2.75, 3.05) is 26.9 Å². The zero-order chi connectivity index (χ0) is 14.3. The second-order valence-electron chi connectivity index (χ2n) is 4.35. The van der Waals surface area contributed by atoms with Crippen LogP contribution in [0.2, 0.25) is 0 Å². The highest BCUT2D eigenvalue weighted by Crippen LogP contribution is 2.01. The minimum Gasteiger partial charge on any atom is -0.462 e. The number of methoxy groups -OCH3 is 1. The molecular formula is C14H26O5. The Hall–Kier alpha value is -1.10. The molecule has 0 aromatic heterocycles. The van der Waals surface area contributed by atoms with Crippen LogP contribution >= 0.6 is 0 Å². The van der Waals surface area contributed by atoms with Crippen LogP contribution in [0.25, 0.3) is 0 Å². The first kappa shape index (κ1) is 17.9. The molecule has 0 amide bonds. The highest BCUT2D eigenvalue weighted by atomic mass is 16.6. The minimum atomic E-state index is -0.234. The van der Waals surface area contributed by atoms with Crippen LogP contribution in [0.3, 0.4) is 0 Å². The Bertz CT molecular complexity index is 240. The summed E-state index contributed by atoms with van der Waals surface area (Å²) in [7, 11) is 1.66. The molecule has 5 heteroatoms. The van der Waals surface area contributed by atoms with Crippen LogP contribution in [-0.4, -0.2) is 38.9 Å². The van der Waals surface area contributed by atoms with Crippen LogP contribution in [0.4, 0.5) is 0 Å². The van der Waals surface area contributed by atoms with Gasteiger partial charge in [-0.1, -0.05) is 19.8 Å². The molecule has 0 aliphatic carbocycles. The van der Waals surface area contributed by atoms with E-state index in [4.69, 9.17) is 14.2 Å². The van der Waals surface area contributed by atoms with Crippen molar-refractivity contribution < 1.29 is 23.8 Å². The van der Waals surface area contributed by atoms with Gasteiger partial charge in [-0.15, -0.1) is 0 Å². The van der Waals surface area contributed by atoms with Crippen molar-refractivity contribution in [1.29, 1.82) is 0 Å². The average molecular weight is 274 g/mol. The molecule has 0 fully saturated rings. The smallest absolute Gasteiger partial charge is 0.305 e. The van der Waals surface area contributed by atoms with E-state index < -0.39 is 0 Å². The summed E-state index contributed by atoms with van der Waals surface area (Å²) in [6.45, 7) is 3.04. The lowest BCUT2D eigenvalue weighted by Gasteiger charge is -2.06. The second-order valence-corrected chi connectivity index (χ2v) is 4.35. The number of carbonyl (C=O) groups is 2. The van der Waals surface area contributed by atoms with Gasteiger partial charge in [0.15, 0.2) is 0 Å². The molecule has 5 nitrogen and oxygen atoms in total. The lowest BCUT2D eigenvalue weighted by atomic mass is 10.2. The van der Waals surface area contributed by atoms with E-state index in [-0.39, 0.29) is 25.2 Å². The summed E-state index contributed by atoms with van der Waals surface area (Å²) in [6, 6.07) is 0. The molecule has 0 aromatic carbocycles. The van der Waals surface area contributed by atoms with Crippen molar-refractivity contribution in [3.8, 4) is 0 Å². The van der Waals surface area contributed by atoms with Crippen molar-refractivity contribution in [1.82, 2.24) is 0 Å². The van der Waals surface area contributed by atoms with E-state index >= 15 is 0 Å². The standard InChI is InChI=1S/C14H26O5/c1-3-4-8-13(15)18-11-12-19-14(16)9-6-5-7-10-17-2/h3-12H2,1-2H3. The van der Waals surface area contributed by atoms with E-state index in [2.05, 4.69) is 0 Å². The van der Waals surface area contributed by atoms with Gasteiger partial charge in [0.25, 0.3) is 0 Å². The Morgan fingerprint density at radius 1 is 0.789 bits per heavy atom. The molecule has 0 aromatic rings. The molecule has 112 valence electrons. The molecule has 0 N–H and O–H groups in total. The highest BCUT2D eigenvalue weighted by molar-refractivity contribution is 5.70. The first-order valence-electron chi connectivity index (χ1n) is 7.00. The molecule has 0 heterocycles.